The summed E-state index contributed by atoms with van der Waals surface area (Å²) < 4.78 is 48.9. The number of alkyl halides is 3. The molecule has 6 rings (SSSR count). The van der Waals surface area contributed by atoms with Gasteiger partial charge in [-0.05, 0) is 19.8 Å². The highest BCUT2D eigenvalue weighted by Gasteiger charge is 2.74. The maximum atomic E-state index is 13.9. The summed E-state index contributed by atoms with van der Waals surface area (Å²) in [5, 5.41) is 0. The molecule has 5 heterocycles. The standard InChI is InChI=1S/C20H22F3N5O2S/c1-11-13(31-10-24-11)2-4-26-14(20(21,22)23)3-5-27-17(29)6-16(25-18(26)27)28-8-15-19(28)7-12(19)9-30-15/h6,10,12,14-15H,2-5,7-9H2,1H3. The Hall–Kier alpha value is -2.14. The van der Waals surface area contributed by atoms with Crippen molar-refractivity contribution in [1.29, 1.82) is 0 Å². The number of fused-ring (bicyclic) bond motifs is 1. The van der Waals surface area contributed by atoms with Gasteiger partial charge in [0.05, 0.1) is 29.5 Å². The van der Waals surface area contributed by atoms with Crippen molar-refractivity contribution in [1.82, 2.24) is 14.5 Å². The van der Waals surface area contributed by atoms with Gasteiger partial charge in [0, 0.05) is 42.9 Å². The molecule has 0 bridgehead atoms. The van der Waals surface area contributed by atoms with Crippen LogP contribution in [0.25, 0.3) is 0 Å². The molecule has 1 spiro atoms. The first kappa shape index (κ1) is 19.5. The van der Waals surface area contributed by atoms with Crippen LogP contribution in [0.2, 0.25) is 0 Å². The van der Waals surface area contributed by atoms with Crippen molar-refractivity contribution < 1.29 is 17.9 Å². The van der Waals surface area contributed by atoms with Crippen LogP contribution in [0.15, 0.2) is 16.4 Å². The summed E-state index contributed by atoms with van der Waals surface area (Å²) in [6.07, 6.45) is -2.99. The second kappa shape index (κ2) is 6.44. The Morgan fingerprint density at radius 2 is 2.23 bits per heavy atom. The van der Waals surface area contributed by atoms with Gasteiger partial charge in [-0.2, -0.15) is 18.2 Å². The fraction of sp³-hybridized carbons (Fsp3) is 0.650. The number of hydrogen-bond donors (Lipinski definition) is 0. The fourth-order valence-corrected chi connectivity index (χ4v) is 6.31. The molecule has 0 amide bonds. The predicted octanol–water partition coefficient (Wildman–Crippen LogP) is 2.37. The van der Waals surface area contributed by atoms with Crippen LogP contribution in [0.1, 0.15) is 23.4 Å². The van der Waals surface area contributed by atoms with Crippen LogP contribution in [0, 0.1) is 12.8 Å². The van der Waals surface area contributed by atoms with Gasteiger partial charge in [-0.3, -0.25) is 9.36 Å². The largest absolute Gasteiger partial charge is 0.408 e. The van der Waals surface area contributed by atoms with Crippen molar-refractivity contribution in [3.8, 4) is 0 Å². The third-order valence-corrected chi connectivity index (χ3v) is 8.34. The maximum Gasteiger partial charge on any atom is 0.408 e. The van der Waals surface area contributed by atoms with E-state index in [9.17, 15) is 18.0 Å². The topological polar surface area (TPSA) is 63.5 Å². The zero-order chi connectivity index (χ0) is 21.5. The third kappa shape index (κ3) is 2.78. The van der Waals surface area contributed by atoms with Gasteiger partial charge in [-0.25, -0.2) is 4.98 Å². The molecule has 4 aliphatic rings. The second-order valence-corrected chi connectivity index (χ2v) is 9.82. The summed E-state index contributed by atoms with van der Waals surface area (Å²) in [5.41, 5.74) is 2.14. The van der Waals surface area contributed by atoms with Crippen LogP contribution < -0.4 is 15.4 Å². The molecule has 11 heteroatoms. The van der Waals surface area contributed by atoms with Crippen molar-refractivity contribution in [3.63, 3.8) is 0 Å². The zero-order valence-corrected chi connectivity index (χ0v) is 17.7. The highest BCUT2D eigenvalue weighted by atomic mass is 32.1. The van der Waals surface area contributed by atoms with Crippen molar-refractivity contribution in [2.75, 3.05) is 29.5 Å². The van der Waals surface area contributed by atoms with E-state index in [1.807, 2.05) is 6.92 Å². The number of anilines is 2. The molecule has 0 N–H and O–H groups in total. The Morgan fingerprint density at radius 3 is 2.90 bits per heavy atom. The minimum absolute atomic E-state index is 0.0151. The van der Waals surface area contributed by atoms with Crippen molar-refractivity contribution >= 4 is 23.1 Å². The van der Waals surface area contributed by atoms with E-state index in [-0.39, 0.29) is 42.7 Å². The Labute approximate surface area is 180 Å². The number of rotatable bonds is 4. The Bertz CT molecular complexity index is 1100. The normalized spacial score (nSPS) is 31.2. The highest BCUT2D eigenvalue weighted by molar-refractivity contribution is 7.09. The average Bonchev–Trinajstić information content (AvgIpc) is 3.24. The second-order valence-electron chi connectivity index (χ2n) is 8.88. The summed E-state index contributed by atoms with van der Waals surface area (Å²) >= 11 is 1.44. The number of aryl methyl sites for hydroxylation is 1. The molecule has 2 aromatic rings. The molecule has 3 fully saturated rings. The lowest BCUT2D eigenvalue weighted by molar-refractivity contribution is -0.152. The van der Waals surface area contributed by atoms with E-state index < -0.39 is 12.2 Å². The number of thiazole rings is 1. The lowest BCUT2D eigenvalue weighted by atomic mass is 9.95. The quantitative estimate of drug-likeness (QED) is 0.709. The van der Waals surface area contributed by atoms with Gasteiger partial charge >= 0.3 is 6.18 Å². The molecule has 31 heavy (non-hydrogen) atoms. The number of nitrogens with zero attached hydrogens (tertiary/aromatic N) is 5. The van der Waals surface area contributed by atoms with Crippen molar-refractivity contribution in [2.45, 2.75) is 56.6 Å². The fourth-order valence-electron chi connectivity index (χ4n) is 5.54. The summed E-state index contributed by atoms with van der Waals surface area (Å²) in [6.45, 7) is 3.34. The van der Waals surface area contributed by atoms with Gasteiger partial charge in [0.2, 0.25) is 5.95 Å². The molecule has 0 aromatic carbocycles. The van der Waals surface area contributed by atoms with Gasteiger partial charge in [-0.1, -0.05) is 0 Å². The molecular weight excluding hydrogens is 431 g/mol. The molecule has 4 unspecified atom stereocenters. The average molecular weight is 453 g/mol. The number of halogens is 3. The lowest BCUT2D eigenvalue weighted by Crippen LogP contribution is -2.63. The minimum Gasteiger partial charge on any atom is -0.374 e. The van der Waals surface area contributed by atoms with E-state index in [0.29, 0.717) is 31.3 Å². The Balaban J connectivity index is 1.37. The molecule has 2 saturated heterocycles. The van der Waals surface area contributed by atoms with Crippen LogP contribution in [0.5, 0.6) is 0 Å². The summed E-state index contributed by atoms with van der Waals surface area (Å²) in [7, 11) is 0. The number of aromatic nitrogens is 3. The third-order valence-electron chi connectivity index (χ3n) is 7.34. The van der Waals surface area contributed by atoms with E-state index in [1.165, 1.54) is 26.9 Å². The maximum absolute atomic E-state index is 13.9. The van der Waals surface area contributed by atoms with E-state index in [1.54, 1.807) is 5.51 Å². The number of hydrogen-bond acceptors (Lipinski definition) is 7. The SMILES string of the molecule is Cc1ncsc1CCN1c2nc(N3CC4OCC5CC543)cc(=O)n2CCC1C(F)(F)F. The highest BCUT2D eigenvalue weighted by Crippen LogP contribution is 2.63. The minimum atomic E-state index is -4.40. The molecule has 7 nitrogen and oxygen atoms in total. The summed E-state index contributed by atoms with van der Waals surface area (Å²) in [4.78, 5) is 26.0. The molecule has 3 aliphatic heterocycles. The Kier molecular flexibility index (Phi) is 4.06. The smallest absolute Gasteiger partial charge is 0.374 e. The lowest BCUT2D eigenvalue weighted by Gasteiger charge is -2.48. The van der Waals surface area contributed by atoms with Crippen LogP contribution in [-0.2, 0) is 17.7 Å². The predicted molar refractivity (Wildman–Crippen MR) is 109 cm³/mol. The monoisotopic (exact) mass is 453 g/mol. The van der Waals surface area contributed by atoms with Crippen molar-refractivity contribution in [3.05, 3.63) is 32.5 Å². The summed E-state index contributed by atoms with van der Waals surface area (Å²) in [5.74, 6) is 1.02. The van der Waals surface area contributed by atoms with Gasteiger partial charge < -0.3 is 14.5 Å². The van der Waals surface area contributed by atoms with Crippen LogP contribution in [-0.4, -0.2) is 58.1 Å². The molecule has 166 valence electrons. The molecule has 1 saturated carbocycles. The number of ether oxygens (including phenoxy) is 1. The first-order valence-corrected chi connectivity index (χ1v) is 11.4. The van der Waals surface area contributed by atoms with E-state index in [2.05, 4.69) is 14.9 Å². The van der Waals surface area contributed by atoms with Crippen molar-refractivity contribution in [2.24, 2.45) is 5.92 Å². The van der Waals surface area contributed by atoms with Crippen LogP contribution in [0.3, 0.4) is 0 Å². The van der Waals surface area contributed by atoms with Gasteiger partial charge in [0.1, 0.15) is 11.9 Å². The van der Waals surface area contributed by atoms with Crippen LogP contribution in [0.4, 0.5) is 24.9 Å². The van der Waals surface area contributed by atoms with Gasteiger partial charge in [-0.15, -0.1) is 11.3 Å². The first-order chi connectivity index (χ1) is 14.8. The zero-order valence-electron chi connectivity index (χ0n) is 16.9. The van der Waals surface area contributed by atoms with Crippen LogP contribution >= 0.6 is 11.3 Å². The first-order valence-electron chi connectivity index (χ1n) is 10.5. The van der Waals surface area contributed by atoms with Gasteiger partial charge in [0.15, 0.2) is 0 Å². The molecule has 4 atom stereocenters. The summed E-state index contributed by atoms with van der Waals surface area (Å²) in [6, 6.07) is -0.185. The van der Waals surface area contributed by atoms with E-state index in [0.717, 1.165) is 17.0 Å². The molecular formula is C20H22F3N5O2S. The van der Waals surface area contributed by atoms with E-state index >= 15 is 0 Å². The molecule has 2 aromatic heterocycles. The molecule has 1 aliphatic carbocycles. The molecule has 0 radical (unpaired) electrons. The Morgan fingerprint density at radius 1 is 1.39 bits per heavy atom. The van der Waals surface area contributed by atoms with E-state index in [4.69, 9.17) is 4.74 Å². The van der Waals surface area contributed by atoms with Gasteiger partial charge in [0.25, 0.3) is 5.56 Å².